The molecule has 0 spiro atoms. The average molecular weight is 184 g/mol. The minimum Gasteiger partial charge on any atom is -0.399 e. The average Bonchev–Trinajstić information content (AvgIpc) is 2.15. The van der Waals surface area contributed by atoms with E-state index >= 15 is 0 Å². The van der Waals surface area contributed by atoms with Gasteiger partial charge in [-0.3, -0.25) is 0 Å². The Hall–Kier alpha value is -1.02. The molecule has 0 amide bonds. The lowest BCUT2D eigenvalue weighted by atomic mass is 10.1. The van der Waals surface area contributed by atoms with Crippen LogP contribution >= 0.6 is 11.6 Å². The van der Waals surface area contributed by atoms with Gasteiger partial charge < -0.3 is 4.84 Å². The molecule has 12 heavy (non-hydrogen) atoms. The fraction of sp³-hybridized carbons (Fsp3) is 0.222. The zero-order valence-electron chi connectivity index (χ0n) is 6.83. The molecule has 0 N–H and O–H groups in total. The molecule has 0 heterocycles. The molecule has 0 saturated heterocycles. The first-order chi connectivity index (χ1) is 5.88. The maximum Gasteiger partial charge on any atom is 0.106 e. The number of oxime groups is 1. The molecule has 3 heteroatoms. The third-order valence-corrected chi connectivity index (χ3v) is 1.69. The summed E-state index contributed by atoms with van der Waals surface area (Å²) in [5.41, 5.74) is 1.74. The molecule has 2 nitrogen and oxygen atoms in total. The van der Waals surface area contributed by atoms with Gasteiger partial charge in [-0.05, 0) is 0 Å². The lowest BCUT2D eigenvalue weighted by Crippen LogP contribution is -2.02. The van der Waals surface area contributed by atoms with Gasteiger partial charge in [0.1, 0.15) is 12.8 Å². The predicted molar refractivity (Wildman–Crippen MR) is 50.7 cm³/mol. The Bertz CT molecular complexity index is 258. The highest BCUT2D eigenvalue weighted by Crippen LogP contribution is 2.02. The summed E-state index contributed by atoms with van der Waals surface area (Å²) in [4.78, 5) is 4.65. The quantitative estimate of drug-likeness (QED) is 0.400. The normalized spacial score (nSPS) is 11.3. The summed E-state index contributed by atoms with van der Waals surface area (Å²) in [6.45, 7) is 0. The van der Waals surface area contributed by atoms with Crippen molar-refractivity contribution < 1.29 is 4.84 Å². The number of halogens is 1. The van der Waals surface area contributed by atoms with E-state index in [1.165, 1.54) is 7.11 Å². The van der Waals surface area contributed by atoms with Gasteiger partial charge in [0.15, 0.2) is 0 Å². The molecule has 0 saturated carbocycles. The number of alkyl halides is 1. The first-order valence-electron chi connectivity index (χ1n) is 3.60. The van der Waals surface area contributed by atoms with Crippen LogP contribution in [-0.2, 0) is 4.84 Å². The predicted octanol–water partition coefficient (Wildman–Crippen LogP) is 2.28. The van der Waals surface area contributed by atoms with Gasteiger partial charge in [-0.1, -0.05) is 35.5 Å². The van der Waals surface area contributed by atoms with Crippen molar-refractivity contribution in [2.24, 2.45) is 5.16 Å². The van der Waals surface area contributed by atoms with E-state index in [1.54, 1.807) is 0 Å². The molecule has 1 aromatic rings. The zero-order valence-corrected chi connectivity index (χ0v) is 7.58. The monoisotopic (exact) mass is 183 g/mol. The summed E-state index contributed by atoms with van der Waals surface area (Å²) in [6, 6.07) is 9.71. The van der Waals surface area contributed by atoms with Gasteiger partial charge in [0, 0.05) is 5.56 Å². The maximum atomic E-state index is 5.67. The number of rotatable bonds is 3. The molecule has 0 aliphatic carbocycles. The summed E-state index contributed by atoms with van der Waals surface area (Å²) in [5.74, 6) is 0.359. The lowest BCUT2D eigenvalue weighted by molar-refractivity contribution is 0.213. The fourth-order valence-electron chi connectivity index (χ4n) is 0.895. The first kappa shape index (κ1) is 9.07. The van der Waals surface area contributed by atoms with E-state index in [0.29, 0.717) is 5.88 Å². The second-order valence-corrected chi connectivity index (χ2v) is 2.49. The molecule has 0 aliphatic rings. The Balaban J connectivity index is 2.88. The van der Waals surface area contributed by atoms with E-state index in [0.717, 1.165) is 11.3 Å². The van der Waals surface area contributed by atoms with Gasteiger partial charge >= 0.3 is 0 Å². The Morgan fingerprint density at radius 1 is 1.42 bits per heavy atom. The van der Waals surface area contributed by atoms with E-state index in [-0.39, 0.29) is 0 Å². The smallest absolute Gasteiger partial charge is 0.106 e. The summed E-state index contributed by atoms with van der Waals surface area (Å²) in [7, 11) is 1.51. The van der Waals surface area contributed by atoms with Crippen molar-refractivity contribution in [2.75, 3.05) is 13.0 Å². The highest BCUT2D eigenvalue weighted by molar-refractivity contribution is 6.31. The van der Waals surface area contributed by atoms with Crippen LogP contribution in [0.2, 0.25) is 0 Å². The van der Waals surface area contributed by atoms with Crippen LogP contribution in [0.4, 0.5) is 0 Å². The molecule has 0 aliphatic heterocycles. The van der Waals surface area contributed by atoms with Crippen molar-refractivity contribution >= 4 is 17.3 Å². The Labute approximate surface area is 76.8 Å². The van der Waals surface area contributed by atoms with Gasteiger partial charge in [-0.15, -0.1) is 11.6 Å². The molecule has 0 bridgehead atoms. The molecule has 0 fully saturated rings. The lowest BCUT2D eigenvalue weighted by Gasteiger charge is -2.00. The van der Waals surface area contributed by atoms with Crippen molar-refractivity contribution in [3.63, 3.8) is 0 Å². The fourth-order valence-corrected chi connectivity index (χ4v) is 1.10. The van der Waals surface area contributed by atoms with E-state index in [2.05, 4.69) is 9.99 Å². The van der Waals surface area contributed by atoms with Crippen LogP contribution < -0.4 is 0 Å². The Morgan fingerprint density at radius 2 is 2.08 bits per heavy atom. The van der Waals surface area contributed by atoms with Gasteiger partial charge in [0.25, 0.3) is 0 Å². The highest BCUT2D eigenvalue weighted by Gasteiger charge is 2.00. The van der Waals surface area contributed by atoms with Crippen LogP contribution in [0.15, 0.2) is 35.5 Å². The van der Waals surface area contributed by atoms with Crippen molar-refractivity contribution in [3.05, 3.63) is 35.9 Å². The summed E-state index contributed by atoms with van der Waals surface area (Å²) in [6.07, 6.45) is 0. The zero-order chi connectivity index (χ0) is 8.81. The van der Waals surface area contributed by atoms with Gasteiger partial charge in [-0.25, -0.2) is 0 Å². The third kappa shape index (κ3) is 2.24. The number of hydrogen-bond donors (Lipinski definition) is 0. The molecule has 64 valence electrons. The van der Waals surface area contributed by atoms with E-state index in [1.807, 2.05) is 30.3 Å². The maximum absolute atomic E-state index is 5.67. The molecule has 0 radical (unpaired) electrons. The van der Waals surface area contributed by atoms with Gasteiger partial charge in [0.05, 0.1) is 5.88 Å². The van der Waals surface area contributed by atoms with Crippen LogP contribution in [0, 0.1) is 0 Å². The molecule has 0 atom stereocenters. The largest absolute Gasteiger partial charge is 0.399 e. The van der Waals surface area contributed by atoms with Gasteiger partial charge in [0.2, 0.25) is 0 Å². The SMILES string of the molecule is CON=C(CCl)c1ccccc1. The Morgan fingerprint density at radius 3 is 2.58 bits per heavy atom. The summed E-state index contributed by atoms with van der Waals surface area (Å²) >= 11 is 5.67. The minimum absolute atomic E-state index is 0.359. The van der Waals surface area contributed by atoms with Gasteiger partial charge in [-0.2, -0.15) is 0 Å². The highest BCUT2D eigenvalue weighted by atomic mass is 35.5. The first-order valence-corrected chi connectivity index (χ1v) is 4.13. The summed E-state index contributed by atoms with van der Waals surface area (Å²) < 4.78 is 0. The second-order valence-electron chi connectivity index (χ2n) is 2.22. The Kier molecular flexibility index (Phi) is 3.61. The molecule has 1 rings (SSSR count). The van der Waals surface area contributed by atoms with Crippen LogP contribution in [0.1, 0.15) is 5.56 Å². The standard InChI is InChI=1S/C9H10ClNO/c1-12-11-9(7-10)8-5-3-2-4-6-8/h2-6H,7H2,1H3. The minimum atomic E-state index is 0.359. The van der Waals surface area contributed by atoms with E-state index in [4.69, 9.17) is 11.6 Å². The molecule has 0 aromatic heterocycles. The second kappa shape index (κ2) is 4.78. The van der Waals surface area contributed by atoms with Crippen molar-refractivity contribution in [2.45, 2.75) is 0 Å². The molecule has 0 unspecified atom stereocenters. The van der Waals surface area contributed by atoms with Crippen LogP contribution in [0.5, 0.6) is 0 Å². The van der Waals surface area contributed by atoms with Crippen molar-refractivity contribution in [1.29, 1.82) is 0 Å². The molecular weight excluding hydrogens is 174 g/mol. The number of hydrogen-bond acceptors (Lipinski definition) is 2. The molecule has 1 aromatic carbocycles. The number of benzene rings is 1. The van der Waals surface area contributed by atoms with Crippen molar-refractivity contribution in [3.8, 4) is 0 Å². The van der Waals surface area contributed by atoms with E-state index < -0.39 is 0 Å². The molecular formula is C9H10ClNO. The topological polar surface area (TPSA) is 21.6 Å². The van der Waals surface area contributed by atoms with Crippen LogP contribution in [-0.4, -0.2) is 18.7 Å². The summed E-state index contributed by atoms with van der Waals surface area (Å²) in [5, 5.41) is 3.80. The van der Waals surface area contributed by atoms with Crippen molar-refractivity contribution in [1.82, 2.24) is 0 Å². The third-order valence-electron chi connectivity index (χ3n) is 1.44. The van der Waals surface area contributed by atoms with E-state index in [9.17, 15) is 0 Å². The number of nitrogens with zero attached hydrogens (tertiary/aromatic N) is 1. The van der Waals surface area contributed by atoms with Crippen LogP contribution in [0.25, 0.3) is 0 Å². The van der Waals surface area contributed by atoms with Crippen LogP contribution in [0.3, 0.4) is 0 Å².